The van der Waals surface area contributed by atoms with Gasteiger partial charge in [0.15, 0.2) is 0 Å². The van der Waals surface area contributed by atoms with Crippen LogP contribution in [-0.2, 0) is 4.79 Å². The molecule has 0 saturated heterocycles. The van der Waals surface area contributed by atoms with Crippen LogP contribution in [0.5, 0.6) is 0 Å². The molecule has 0 aromatic rings. The lowest BCUT2D eigenvalue weighted by Crippen LogP contribution is -2.09. The van der Waals surface area contributed by atoms with Crippen LogP contribution in [0.15, 0.2) is 23.5 Å². The van der Waals surface area contributed by atoms with Crippen LogP contribution in [-0.4, -0.2) is 10.9 Å². The Hall–Kier alpha value is -1.05. The van der Waals surface area contributed by atoms with Crippen LogP contribution in [0.1, 0.15) is 33.1 Å². The Kier molecular flexibility index (Phi) is 2.91. The molecule has 1 aliphatic rings. The Labute approximate surface area is 79.0 Å². The molecule has 1 N–H and O–H groups in total. The minimum Gasteiger partial charge on any atom is -0.508 e. The number of hydrogen-bond donors (Lipinski definition) is 1. The van der Waals surface area contributed by atoms with E-state index >= 15 is 0 Å². The molecule has 0 radical (unpaired) electrons. The molecule has 0 heterocycles. The Morgan fingerprint density at radius 1 is 1.54 bits per heavy atom. The normalized spacial score (nSPS) is 24.5. The second-order valence-corrected chi connectivity index (χ2v) is 3.67. The molecule has 1 fully saturated rings. The van der Waals surface area contributed by atoms with Crippen molar-refractivity contribution < 1.29 is 9.90 Å². The van der Waals surface area contributed by atoms with Crippen molar-refractivity contribution >= 4 is 5.78 Å². The van der Waals surface area contributed by atoms with E-state index in [4.69, 9.17) is 0 Å². The van der Waals surface area contributed by atoms with Gasteiger partial charge >= 0.3 is 0 Å². The summed E-state index contributed by atoms with van der Waals surface area (Å²) in [5.74, 6) is 0.416. The monoisotopic (exact) mass is 180 g/mol. The zero-order chi connectivity index (χ0) is 10.0. The molecule has 1 atom stereocenters. The number of carbonyl (C=O) groups is 1. The van der Waals surface area contributed by atoms with Gasteiger partial charge in [0.2, 0.25) is 0 Å². The van der Waals surface area contributed by atoms with Crippen LogP contribution in [0.3, 0.4) is 0 Å². The summed E-state index contributed by atoms with van der Waals surface area (Å²) in [6.07, 6.45) is 2.59. The van der Waals surface area contributed by atoms with Gasteiger partial charge < -0.3 is 5.11 Å². The minimum absolute atomic E-state index is 0.0314. The lowest BCUT2D eigenvalue weighted by Gasteiger charge is -2.12. The van der Waals surface area contributed by atoms with E-state index in [1.165, 1.54) is 0 Å². The molecule has 1 rings (SSSR count). The molecule has 0 aromatic heterocycles. The maximum absolute atomic E-state index is 11.4. The zero-order valence-corrected chi connectivity index (χ0v) is 8.26. The van der Waals surface area contributed by atoms with Crippen LogP contribution in [0.2, 0.25) is 0 Å². The zero-order valence-electron chi connectivity index (χ0n) is 8.26. The smallest absolute Gasteiger partial charge is 0.140 e. The Morgan fingerprint density at radius 2 is 2.15 bits per heavy atom. The second kappa shape index (κ2) is 3.77. The lowest BCUT2D eigenvalue weighted by atomic mass is 9.93. The predicted molar refractivity (Wildman–Crippen MR) is 52.5 cm³/mol. The third kappa shape index (κ3) is 2.00. The highest BCUT2D eigenvalue weighted by Gasteiger charge is 2.26. The van der Waals surface area contributed by atoms with Gasteiger partial charge in [-0.05, 0) is 32.3 Å². The first-order valence-electron chi connectivity index (χ1n) is 4.62. The topological polar surface area (TPSA) is 37.3 Å². The Bertz CT molecular complexity index is 274. The van der Waals surface area contributed by atoms with E-state index in [9.17, 15) is 9.90 Å². The van der Waals surface area contributed by atoms with Crippen molar-refractivity contribution in [2.45, 2.75) is 33.1 Å². The van der Waals surface area contributed by atoms with Gasteiger partial charge in [-0.25, -0.2) is 0 Å². The number of Topliss-reactive ketones (excluding diaryl/α,β-unsaturated/α-hetero) is 1. The molecule has 0 aromatic carbocycles. The van der Waals surface area contributed by atoms with Crippen LogP contribution in [0, 0.1) is 5.92 Å². The standard InChI is InChI=1S/C11H16O2/c1-7(9(3)12)8(2)10-5-4-6-11(10)13/h10,12H,3-6H2,1-2H3/b8-7+. The first-order chi connectivity index (χ1) is 6.04. The van der Waals surface area contributed by atoms with E-state index < -0.39 is 0 Å². The SMILES string of the molecule is C=C(O)/C(C)=C(\C)C1CCCC1=O. The van der Waals surface area contributed by atoms with Gasteiger partial charge in [0.1, 0.15) is 11.5 Å². The average molecular weight is 180 g/mol. The van der Waals surface area contributed by atoms with Crippen molar-refractivity contribution in [1.82, 2.24) is 0 Å². The second-order valence-electron chi connectivity index (χ2n) is 3.67. The number of carbonyl (C=O) groups excluding carboxylic acids is 1. The highest BCUT2D eigenvalue weighted by atomic mass is 16.3. The van der Waals surface area contributed by atoms with Crippen LogP contribution in [0.4, 0.5) is 0 Å². The molecule has 72 valence electrons. The molecule has 1 saturated carbocycles. The van der Waals surface area contributed by atoms with Gasteiger partial charge in [-0.15, -0.1) is 0 Å². The fourth-order valence-electron chi connectivity index (χ4n) is 1.76. The van der Waals surface area contributed by atoms with Crippen LogP contribution >= 0.6 is 0 Å². The van der Waals surface area contributed by atoms with E-state index in [0.717, 1.165) is 24.0 Å². The fourth-order valence-corrected chi connectivity index (χ4v) is 1.76. The van der Waals surface area contributed by atoms with Gasteiger partial charge in [-0.2, -0.15) is 0 Å². The molecule has 0 bridgehead atoms. The largest absolute Gasteiger partial charge is 0.508 e. The maximum atomic E-state index is 11.4. The molecule has 1 unspecified atom stereocenters. The quantitative estimate of drug-likeness (QED) is 0.524. The summed E-state index contributed by atoms with van der Waals surface area (Å²) in [7, 11) is 0. The molecular formula is C11H16O2. The number of ketones is 1. The third-order valence-electron chi connectivity index (χ3n) is 2.85. The summed E-state index contributed by atoms with van der Waals surface area (Å²) in [6.45, 7) is 7.18. The first kappa shape index (κ1) is 10.0. The van der Waals surface area contributed by atoms with E-state index in [1.54, 1.807) is 0 Å². The summed E-state index contributed by atoms with van der Waals surface area (Å²) >= 11 is 0. The third-order valence-corrected chi connectivity index (χ3v) is 2.85. The van der Waals surface area contributed by atoms with Crippen molar-refractivity contribution in [3.05, 3.63) is 23.5 Å². The molecule has 1 aliphatic carbocycles. The molecule has 0 aliphatic heterocycles. The maximum Gasteiger partial charge on any atom is 0.140 e. The van der Waals surface area contributed by atoms with E-state index in [0.29, 0.717) is 12.2 Å². The lowest BCUT2D eigenvalue weighted by molar-refractivity contribution is -0.119. The summed E-state index contributed by atoms with van der Waals surface area (Å²) < 4.78 is 0. The highest BCUT2D eigenvalue weighted by molar-refractivity contribution is 5.85. The summed E-state index contributed by atoms with van der Waals surface area (Å²) in [5, 5.41) is 9.17. The van der Waals surface area contributed by atoms with E-state index in [-0.39, 0.29) is 11.7 Å². The van der Waals surface area contributed by atoms with Gasteiger partial charge in [0.05, 0.1) is 0 Å². The van der Waals surface area contributed by atoms with Crippen molar-refractivity contribution in [3.8, 4) is 0 Å². The van der Waals surface area contributed by atoms with Gasteiger partial charge in [0, 0.05) is 12.3 Å². The fraction of sp³-hybridized carbons (Fsp3) is 0.545. The number of allylic oxidation sites excluding steroid dienone is 2. The number of aliphatic hydroxyl groups excluding tert-OH is 1. The Balaban J connectivity index is 2.88. The van der Waals surface area contributed by atoms with Gasteiger partial charge in [-0.3, -0.25) is 4.79 Å². The molecule has 13 heavy (non-hydrogen) atoms. The summed E-state index contributed by atoms with van der Waals surface area (Å²) in [5.41, 5.74) is 1.75. The molecule has 0 amide bonds. The molecule has 2 heteroatoms. The van der Waals surface area contributed by atoms with E-state index in [1.807, 2.05) is 13.8 Å². The van der Waals surface area contributed by atoms with Crippen molar-refractivity contribution in [2.24, 2.45) is 5.92 Å². The number of hydrogen-bond acceptors (Lipinski definition) is 2. The number of aliphatic hydroxyl groups is 1. The highest BCUT2D eigenvalue weighted by Crippen LogP contribution is 2.30. The molecule has 0 spiro atoms. The molecule has 2 nitrogen and oxygen atoms in total. The van der Waals surface area contributed by atoms with E-state index in [2.05, 4.69) is 6.58 Å². The molecular weight excluding hydrogens is 164 g/mol. The van der Waals surface area contributed by atoms with Gasteiger partial charge in [-0.1, -0.05) is 12.2 Å². The van der Waals surface area contributed by atoms with Gasteiger partial charge in [0.25, 0.3) is 0 Å². The number of rotatable bonds is 2. The van der Waals surface area contributed by atoms with Crippen molar-refractivity contribution in [1.29, 1.82) is 0 Å². The summed E-state index contributed by atoms with van der Waals surface area (Å²) in [6, 6.07) is 0. The minimum atomic E-state index is 0.0314. The van der Waals surface area contributed by atoms with Crippen molar-refractivity contribution in [3.63, 3.8) is 0 Å². The first-order valence-corrected chi connectivity index (χ1v) is 4.62. The van der Waals surface area contributed by atoms with Crippen LogP contribution in [0.25, 0.3) is 0 Å². The Morgan fingerprint density at radius 3 is 2.54 bits per heavy atom. The predicted octanol–water partition coefficient (Wildman–Crippen LogP) is 2.76. The van der Waals surface area contributed by atoms with Crippen molar-refractivity contribution in [2.75, 3.05) is 0 Å². The average Bonchev–Trinajstić information content (AvgIpc) is 2.48. The summed E-state index contributed by atoms with van der Waals surface area (Å²) in [4.78, 5) is 11.4. The van der Waals surface area contributed by atoms with Crippen LogP contribution < -0.4 is 0 Å².